The number of carbonyl (C=O) groups excluding carboxylic acids is 1. The van der Waals surface area contributed by atoms with E-state index in [1.807, 2.05) is 25.1 Å². The van der Waals surface area contributed by atoms with Gasteiger partial charge in [0, 0.05) is 10.7 Å². The van der Waals surface area contributed by atoms with Crippen LogP contribution in [0.5, 0.6) is 5.75 Å². The molecule has 0 spiro atoms. The number of ether oxygens (including phenoxy) is 1. The van der Waals surface area contributed by atoms with E-state index in [1.54, 1.807) is 24.3 Å². The van der Waals surface area contributed by atoms with E-state index < -0.39 is 0 Å². The molecule has 98 valence electrons. The molecular weight excluding hydrogens is 262 g/mol. The first-order valence-corrected chi connectivity index (χ1v) is 6.20. The molecule has 0 aliphatic carbocycles. The van der Waals surface area contributed by atoms with Gasteiger partial charge < -0.3 is 10.1 Å². The van der Waals surface area contributed by atoms with Crippen LogP contribution in [0.1, 0.15) is 15.9 Å². The van der Waals surface area contributed by atoms with Crippen molar-refractivity contribution in [3.05, 3.63) is 58.6 Å². The molecule has 0 aliphatic heterocycles. The molecule has 0 bridgehead atoms. The Balaban J connectivity index is 2.23. The summed E-state index contributed by atoms with van der Waals surface area (Å²) >= 11 is 6.03. The van der Waals surface area contributed by atoms with Gasteiger partial charge in [0.2, 0.25) is 0 Å². The van der Waals surface area contributed by atoms with Gasteiger partial charge in [-0.1, -0.05) is 29.8 Å². The second-order valence-corrected chi connectivity index (χ2v) is 4.53. The van der Waals surface area contributed by atoms with Crippen molar-refractivity contribution in [2.24, 2.45) is 0 Å². The van der Waals surface area contributed by atoms with Gasteiger partial charge in [0.25, 0.3) is 5.91 Å². The summed E-state index contributed by atoms with van der Waals surface area (Å²) < 4.78 is 5.16. The molecule has 2 rings (SSSR count). The van der Waals surface area contributed by atoms with Crippen molar-refractivity contribution in [1.82, 2.24) is 0 Å². The topological polar surface area (TPSA) is 38.3 Å². The number of carbonyl (C=O) groups is 1. The zero-order valence-corrected chi connectivity index (χ0v) is 11.5. The number of benzene rings is 2. The van der Waals surface area contributed by atoms with Crippen molar-refractivity contribution in [3.63, 3.8) is 0 Å². The van der Waals surface area contributed by atoms with Crippen LogP contribution in [0, 0.1) is 6.92 Å². The van der Waals surface area contributed by atoms with E-state index in [4.69, 9.17) is 16.3 Å². The van der Waals surface area contributed by atoms with Gasteiger partial charge in [0.05, 0.1) is 12.7 Å². The fourth-order valence-electron chi connectivity index (χ4n) is 1.70. The first-order valence-electron chi connectivity index (χ1n) is 5.82. The summed E-state index contributed by atoms with van der Waals surface area (Å²) in [6.45, 7) is 1.91. The second-order valence-electron chi connectivity index (χ2n) is 4.12. The summed E-state index contributed by atoms with van der Waals surface area (Å²) in [5.74, 6) is 0.315. The molecule has 0 saturated heterocycles. The van der Waals surface area contributed by atoms with E-state index in [0.29, 0.717) is 22.0 Å². The standard InChI is InChI=1S/C15H14ClNO2/c1-10-7-8-11(9-13(10)16)17-15(18)12-5-3-4-6-14(12)19-2/h3-9H,1-2H3,(H,17,18). The van der Waals surface area contributed by atoms with Crippen LogP contribution in [0.2, 0.25) is 5.02 Å². The maximum absolute atomic E-state index is 12.2. The molecule has 0 unspecified atom stereocenters. The second kappa shape index (κ2) is 5.76. The van der Waals surface area contributed by atoms with Crippen LogP contribution in [-0.2, 0) is 0 Å². The molecule has 0 saturated carbocycles. The Morgan fingerprint density at radius 3 is 2.63 bits per heavy atom. The summed E-state index contributed by atoms with van der Waals surface area (Å²) in [4.78, 5) is 12.2. The number of halogens is 1. The van der Waals surface area contributed by atoms with Crippen molar-refractivity contribution in [1.29, 1.82) is 0 Å². The molecule has 0 heterocycles. The predicted octanol–water partition coefficient (Wildman–Crippen LogP) is 3.91. The van der Waals surface area contributed by atoms with Crippen molar-refractivity contribution < 1.29 is 9.53 Å². The van der Waals surface area contributed by atoms with Crippen LogP contribution in [0.3, 0.4) is 0 Å². The molecule has 1 N–H and O–H groups in total. The van der Waals surface area contributed by atoms with E-state index in [1.165, 1.54) is 7.11 Å². The molecule has 4 heteroatoms. The van der Waals surface area contributed by atoms with Gasteiger partial charge in [-0.25, -0.2) is 0 Å². The van der Waals surface area contributed by atoms with Crippen molar-refractivity contribution in [2.45, 2.75) is 6.92 Å². The molecular formula is C15H14ClNO2. The van der Waals surface area contributed by atoms with E-state index in [-0.39, 0.29) is 5.91 Å². The average molecular weight is 276 g/mol. The number of rotatable bonds is 3. The lowest BCUT2D eigenvalue weighted by atomic mass is 10.1. The summed E-state index contributed by atoms with van der Waals surface area (Å²) in [7, 11) is 1.54. The Hall–Kier alpha value is -2.00. The zero-order chi connectivity index (χ0) is 13.8. The molecule has 2 aromatic carbocycles. The minimum absolute atomic E-state index is 0.225. The lowest BCUT2D eigenvalue weighted by Crippen LogP contribution is -2.13. The molecule has 0 aromatic heterocycles. The Bertz CT molecular complexity index is 611. The number of methoxy groups -OCH3 is 1. The lowest BCUT2D eigenvalue weighted by molar-refractivity contribution is 0.102. The number of nitrogens with one attached hydrogen (secondary N) is 1. The maximum Gasteiger partial charge on any atom is 0.259 e. The minimum Gasteiger partial charge on any atom is -0.496 e. The van der Waals surface area contributed by atoms with Gasteiger partial charge in [-0.3, -0.25) is 4.79 Å². The molecule has 0 aliphatic rings. The molecule has 19 heavy (non-hydrogen) atoms. The molecule has 3 nitrogen and oxygen atoms in total. The van der Waals surface area contributed by atoms with Crippen LogP contribution in [-0.4, -0.2) is 13.0 Å². The van der Waals surface area contributed by atoms with Crippen LogP contribution >= 0.6 is 11.6 Å². The zero-order valence-electron chi connectivity index (χ0n) is 10.7. The quantitative estimate of drug-likeness (QED) is 0.922. The van der Waals surface area contributed by atoms with Gasteiger partial charge in [-0.2, -0.15) is 0 Å². The van der Waals surface area contributed by atoms with Gasteiger partial charge in [-0.15, -0.1) is 0 Å². The predicted molar refractivity (Wildman–Crippen MR) is 77.1 cm³/mol. The van der Waals surface area contributed by atoms with Crippen molar-refractivity contribution in [2.75, 3.05) is 12.4 Å². The van der Waals surface area contributed by atoms with E-state index in [9.17, 15) is 4.79 Å². The third-order valence-corrected chi connectivity index (χ3v) is 3.19. The Kier molecular flexibility index (Phi) is 4.07. The van der Waals surface area contributed by atoms with Crippen LogP contribution in [0.15, 0.2) is 42.5 Å². The van der Waals surface area contributed by atoms with Crippen LogP contribution < -0.4 is 10.1 Å². The Labute approximate surface area is 117 Å². The smallest absolute Gasteiger partial charge is 0.259 e. The molecule has 0 radical (unpaired) electrons. The van der Waals surface area contributed by atoms with Crippen LogP contribution in [0.4, 0.5) is 5.69 Å². The van der Waals surface area contributed by atoms with Crippen molar-refractivity contribution >= 4 is 23.2 Å². The third kappa shape index (κ3) is 3.06. The van der Waals surface area contributed by atoms with Crippen LogP contribution in [0.25, 0.3) is 0 Å². The van der Waals surface area contributed by atoms with Gasteiger partial charge in [-0.05, 0) is 36.8 Å². The van der Waals surface area contributed by atoms with E-state index in [2.05, 4.69) is 5.32 Å². The third-order valence-electron chi connectivity index (χ3n) is 2.78. The van der Waals surface area contributed by atoms with Crippen molar-refractivity contribution in [3.8, 4) is 5.75 Å². The van der Waals surface area contributed by atoms with Gasteiger partial charge in [0.1, 0.15) is 5.75 Å². The number of aryl methyl sites for hydroxylation is 1. The average Bonchev–Trinajstić information content (AvgIpc) is 2.43. The Morgan fingerprint density at radius 2 is 1.95 bits per heavy atom. The van der Waals surface area contributed by atoms with Gasteiger partial charge in [0.15, 0.2) is 0 Å². The summed E-state index contributed by atoms with van der Waals surface area (Å²) in [5, 5.41) is 3.42. The molecule has 2 aromatic rings. The highest BCUT2D eigenvalue weighted by molar-refractivity contribution is 6.31. The molecule has 0 atom stereocenters. The number of anilines is 1. The number of hydrogen-bond donors (Lipinski definition) is 1. The highest BCUT2D eigenvalue weighted by Crippen LogP contribution is 2.22. The summed E-state index contributed by atoms with van der Waals surface area (Å²) in [6.07, 6.45) is 0. The fraction of sp³-hybridized carbons (Fsp3) is 0.133. The first-order chi connectivity index (χ1) is 9.11. The van der Waals surface area contributed by atoms with E-state index >= 15 is 0 Å². The molecule has 0 fully saturated rings. The Morgan fingerprint density at radius 1 is 1.21 bits per heavy atom. The molecule has 1 amide bonds. The highest BCUT2D eigenvalue weighted by Gasteiger charge is 2.11. The normalized spacial score (nSPS) is 10.1. The fourth-order valence-corrected chi connectivity index (χ4v) is 1.88. The minimum atomic E-state index is -0.225. The highest BCUT2D eigenvalue weighted by atomic mass is 35.5. The number of para-hydroxylation sites is 1. The maximum atomic E-state index is 12.2. The summed E-state index contributed by atoms with van der Waals surface area (Å²) in [6, 6.07) is 12.5. The monoisotopic (exact) mass is 275 g/mol. The number of amides is 1. The lowest BCUT2D eigenvalue weighted by Gasteiger charge is -2.09. The first kappa shape index (κ1) is 13.4. The number of hydrogen-bond acceptors (Lipinski definition) is 2. The van der Waals surface area contributed by atoms with Gasteiger partial charge >= 0.3 is 0 Å². The SMILES string of the molecule is COc1ccccc1C(=O)Nc1ccc(C)c(Cl)c1. The van der Waals surface area contributed by atoms with E-state index in [0.717, 1.165) is 5.56 Å². The summed E-state index contributed by atoms with van der Waals surface area (Å²) in [5.41, 5.74) is 2.12. The largest absolute Gasteiger partial charge is 0.496 e.